The summed E-state index contributed by atoms with van der Waals surface area (Å²) in [4.78, 5) is 2.41. The van der Waals surface area contributed by atoms with Crippen LogP contribution in [0.4, 0.5) is 0 Å². The molecule has 0 aliphatic heterocycles. The van der Waals surface area contributed by atoms with E-state index < -0.39 is 0 Å². The number of hydrogen-bond acceptors (Lipinski definition) is 3. The first-order valence-corrected chi connectivity index (χ1v) is 7.21. The van der Waals surface area contributed by atoms with Crippen molar-refractivity contribution in [2.45, 2.75) is 58.2 Å². The SMILES string of the molecule is CCC(C)n1ccc(CN(CCC(=N)N)C2CC2)n1. The van der Waals surface area contributed by atoms with Crippen LogP contribution in [-0.4, -0.2) is 33.1 Å². The van der Waals surface area contributed by atoms with Crippen molar-refractivity contribution in [1.29, 1.82) is 5.41 Å². The summed E-state index contributed by atoms with van der Waals surface area (Å²) in [6.07, 6.45) is 6.36. The molecule has 0 spiro atoms. The lowest BCUT2D eigenvalue weighted by Gasteiger charge is -2.20. The molecule has 1 fully saturated rings. The molecule has 1 saturated carbocycles. The lowest BCUT2D eigenvalue weighted by atomic mass is 10.3. The molecule has 2 rings (SSSR count). The van der Waals surface area contributed by atoms with Gasteiger partial charge in [0.05, 0.1) is 11.5 Å². The van der Waals surface area contributed by atoms with Crippen molar-refractivity contribution in [3.05, 3.63) is 18.0 Å². The van der Waals surface area contributed by atoms with Crippen molar-refractivity contribution in [3.8, 4) is 0 Å². The Kier molecular flexibility index (Phi) is 4.58. The normalized spacial score (nSPS) is 16.8. The summed E-state index contributed by atoms with van der Waals surface area (Å²) in [6.45, 7) is 6.11. The van der Waals surface area contributed by atoms with E-state index in [1.54, 1.807) is 0 Å². The Morgan fingerprint density at radius 2 is 2.37 bits per heavy atom. The van der Waals surface area contributed by atoms with Crippen LogP contribution in [0.15, 0.2) is 12.3 Å². The summed E-state index contributed by atoms with van der Waals surface area (Å²) in [5, 5.41) is 12.0. The van der Waals surface area contributed by atoms with Gasteiger partial charge in [-0.2, -0.15) is 5.10 Å². The van der Waals surface area contributed by atoms with Crippen LogP contribution in [-0.2, 0) is 6.54 Å². The molecule has 1 aliphatic carbocycles. The Balaban J connectivity index is 1.93. The molecule has 1 aromatic rings. The van der Waals surface area contributed by atoms with Gasteiger partial charge in [-0.15, -0.1) is 0 Å². The summed E-state index contributed by atoms with van der Waals surface area (Å²) in [5.74, 6) is 0.274. The van der Waals surface area contributed by atoms with E-state index in [1.807, 2.05) is 4.68 Å². The zero-order chi connectivity index (χ0) is 13.8. The van der Waals surface area contributed by atoms with Crippen LogP contribution in [0.25, 0.3) is 0 Å². The molecule has 1 atom stereocenters. The number of nitrogens with one attached hydrogen (secondary N) is 1. The Labute approximate surface area is 115 Å². The predicted octanol–water partition coefficient (Wildman–Crippen LogP) is 2.14. The molecule has 0 saturated heterocycles. The molecule has 5 heteroatoms. The molecule has 106 valence electrons. The first kappa shape index (κ1) is 14.1. The summed E-state index contributed by atoms with van der Waals surface area (Å²) in [6, 6.07) is 3.24. The Hall–Kier alpha value is -1.36. The van der Waals surface area contributed by atoms with Gasteiger partial charge < -0.3 is 5.73 Å². The highest BCUT2D eigenvalue weighted by Gasteiger charge is 2.29. The van der Waals surface area contributed by atoms with Gasteiger partial charge in [-0.3, -0.25) is 15.0 Å². The van der Waals surface area contributed by atoms with E-state index in [2.05, 4.69) is 36.1 Å². The summed E-state index contributed by atoms with van der Waals surface area (Å²) < 4.78 is 2.05. The molecule has 19 heavy (non-hydrogen) atoms. The number of nitrogens with two attached hydrogens (primary N) is 1. The first-order valence-electron chi connectivity index (χ1n) is 7.21. The molecule has 3 N–H and O–H groups in total. The average Bonchev–Trinajstić information content (AvgIpc) is 3.13. The molecule has 1 unspecified atom stereocenters. The second kappa shape index (κ2) is 6.19. The van der Waals surface area contributed by atoms with Crippen LogP contribution in [0.3, 0.4) is 0 Å². The van der Waals surface area contributed by atoms with Crippen LogP contribution >= 0.6 is 0 Å². The molecule has 0 aromatic carbocycles. The van der Waals surface area contributed by atoms with Gasteiger partial charge in [0.15, 0.2) is 0 Å². The topological polar surface area (TPSA) is 70.9 Å². The quantitative estimate of drug-likeness (QED) is 0.557. The fraction of sp³-hybridized carbons (Fsp3) is 0.714. The summed E-state index contributed by atoms with van der Waals surface area (Å²) >= 11 is 0. The molecular formula is C14H25N5. The van der Waals surface area contributed by atoms with Crippen LogP contribution in [0, 0.1) is 5.41 Å². The van der Waals surface area contributed by atoms with Gasteiger partial charge in [-0.1, -0.05) is 6.92 Å². The minimum absolute atomic E-state index is 0.274. The Morgan fingerprint density at radius 1 is 1.63 bits per heavy atom. The van der Waals surface area contributed by atoms with Crippen molar-refractivity contribution in [2.24, 2.45) is 5.73 Å². The van der Waals surface area contributed by atoms with Gasteiger partial charge in [0, 0.05) is 37.8 Å². The maximum atomic E-state index is 7.35. The average molecular weight is 263 g/mol. The van der Waals surface area contributed by atoms with Crippen LogP contribution in [0.1, 0.15) is 51.3 Å². The maximum absolute atomic E-state index is 7.35. The molecule has 0 radical (unpaired) electrons. The van der Waals surface area contributed by atoms with Crippen LogP contribution < -0.4 is 5.73 Å². The molecule has 1 aromatic heterocycles. The van der Waals surface area contributed by atoms with E-state index >= 15 is 0 Å². The van der Waals surface area contributed by atoms with Crippen molar-refractivity contribution in [3.63, 3.8) is 0 Å². The van der Waals surface area contributed by atoms with Crippen molar-refractivity contribution in [2.75, 3.05) is 6.54 Å². The third kappa shape index (κ3) is 4.06. The Morgan fingerprint density at radius 3 is 2.95 bits per heavy atom. The van der Waals surface area contributed by atoms with E-state index in [1.165, 1.54) is 12.8 Å². The number of nitrogens with zero attached hydrogens (tertiary/aromatic N) is 3. The lowest BCUT2D eigenvalue weighted by Crippen LogP contribution is -2.29. The monoisotopic (exact) mass is 263 g/mol. The van der Waals surface area contributed by atoms with E-state index in [0.29, 0.717) is 18.5 Å². The predicted molar refractivity (Wildman–Crippen MR) is 77.2 cm³/mol. The number of hydrogen-bond donors (Lipinski definition) is 2. The molecule has 1 aliphatic rings. The minimum Gasteiger partial charge on any atom is -0.388 e. The number of aromatic nitrogens is 2. The molecule has 1 heterocycles. The third-order valence-corrected chi connectivity index (χ3v) is 3.80. The largest absolute Gasteiger partial charge is 0.388 e. The fourth-order valence-corrected chi connectivity index (χ4v) is 2.20. The molecule has 0 bridgehead atoms. The minimum atomic E-state index is 0.274. The van der Waals surface area contributed by atoms with E-state index in [9.17, 15) is 0 Å². The zero-order valence-corrected chi connectivity index (χ0v) is 12.0. The standard InChI is InChI=1S/C14H25N5/c1-3-11(2)19-9-6-12(17-19)10-18(13-4-5-13)8-7-14(15)16/h6,9,11,13H,3-5,7-8,10H2,1-2H3,(H3,15,16). The zero-order valence-electron chi connectivity index (χ0n) is 12.0. The second-order valence-electron chi connectivity index (χ2n) is 5.52. The maximum Gasteiger partial charge on any atom is 0.0918 e. The smallest absolute Gasteiger partial charge is 0.0918 e. The molecule has 0 amide bonds. The molecular weight excluding hydrogens is 238 g/mol. The van der Waals surface area contributed by atoms with Crippen molar-refractivity contribution < 1.29 is 0 Å². The number of amidine groups is 1. The van der Waals surface area contributed by atoms with E-state index in [4.69, 9.17) is 11.1 Å². The Bertz CT molecular complexity index is 421. The van der Waals surface area contributed by atoms with E-state index in [-0.39, 0.29) is 5.84 Å². The van der Waals surface area contributed by atoms with Gasteiger partial charge in [-0.05, 0) is 32.3 Å². The van der Waals surface area contributed by atoms with E-state index in [0.717, 1.165) is 25.2 Å². The first-order chi connectivity index (χ1) is 9.10. The highest BCUT2D eigenvalue weighted by Crippen LogP contribution is 2.28. The summed E-state index contributed by atoms with van der Waals surface area (Å²) in [5.41, 5.74) is 6.57. The van der Waals surface area contributed by atoms with Gasteiger partial charge in [0.1, 0.15) is 0 Å². The second-order valence-corrected chi connectivity index (χ2v) is 5.52. The highest BCUT2D eigenvalue weighted by molar-refractivity contribution is 5.76. The lowest BCUT2D eigenvalue weighted by molar-refractivity contribution is 0.257. The van der Waals surface area contributed by atoms with Gasteiger partial charge in [-0.25, -0.2) is 0 Å². The van der Waals surface area contributed by atoms with Crippen LogP contribution in [0.2, 0.25) is 0 Å². The van der Waals surface area contributed by atoms with Gasteiger partial charge in [0.25, 0.3) is 0 Å². The highest BCUT2D eigenvalue weighted by atomic mass is 15.3. The van der Waals surface area contributed by atoms with Crippen molar-refractivity contribution >= 4 is 5.84 Å². The summed E-state index contributed by atoms with van der Waals surface area (Å²) in [7, 11) is 0. The number of rotatable bonds is 8. The fourth-order valence-electron chi connectivity index (χ4n) is 2.20. The van der Waals surface area contributed by atoms with Crippen LogP contribution in [0.5, 0.6) is 0 Å². The van der Waals surface area contributed by atoms with Gasteiger partial charge >= 0.3 is 0 Å². The third-order valence-electron chi connectivity index (χ3n) is 3.80. The van der Waals surface area contributed by atoms with Crippen molar-refractivity contribution in [1.82, 2.24) is 14.7 Å². The van der Waals surface area contributed by atoms with Gasteiger partial charge in [0.2, 0.25) is 0 Å². The molecule has 5 nitrogen and oxygen atoms in total.